The van der Waals surface area contributed by atoms with Gasteiger partial charge in [-0.2, -0.15) is 0 Å². The lowest BCUT2D eigenvalue weighted by Gasteiger charge is -2.30. The molecule has 1 saturated carbocycles. The van der Waals surface area contributed by atoms with Crippen LogP contribution in [0.5, 0.6) is 0 Å². The average Bonchev–Trinajstić information content (AvgIpc) is 2.32. The highest BCUT2D eigenvalue weighted by Gasteiger charge is 2.39. The molecule has 0 heterocycles. The number of ketones is 2. The summed E-state index contributed by atoms with van der Waals surface area (Å²) in [5, 5.41) is 0. The Kier molecular flexibility index (Phi) is 5.71. The highest BCUT2D eigenvalue weighted by atomic mass is 127. The van der Waals surface area contributed by atoms with E-state index in [9.17, 15) is 14.4 Å². The predicted octanol–water partition coefficient (Wildman–Crippen LogP) is 0.567. The zero-order valence-electron chi connectivity index (χ0n) is 10.4. The average molecular weight is 366 g/mol. The molecular formula is C12H19IN2O3. The van der Waals surface area contributed by atoms with E-state index in [1.54, 1.807) is 0 Å². The van der Waals surface area contributed by atoms with Crippen molar-refractivity contribution in [1.82, 2.24) is 0 Å². The maximum absolute atomic E-state index is 12.1. The van der Waals surface area contributed by atoms with Crippen LogP contribution in [0.3, 0.4) is 0 Å². The van der Waals surface area contributed by atoms with Crippen LogP contribution < -0.4 is 11.5 Å². The fraction of sp³-hybridized carbons (Fsp3) is 0.750. The number of nitrogens with two attached hydrogens (primary N) is 2. The molecule has 6 heteroatoms. The molecule has 1 fully saturated rings. The maximum atomic E-state index is 12.1. The van der Waals surface area contributed by atoms with Crippen molar-refractivity contribution in [1.29, 1.82) is 0 Å². The second kappa shape index (κ2) is 6.60. The zero-order chi connectivity index (χ0) is 13.9. The number of carbonyl (C=O) groups excluding carboxylic acids is 3. The van der Waals surface area contributed by atoms with Gasteiger partial charge in [0.15, 0.2) is 11.6 Å². The quantitative estimate of drug-likeness (QED) is 0.422. The molecule has 1 rings (SSSR count). The van der Waals surface area contributed by atoms with E-state index in [1.807, 2.05) is 6.92 Å². The molecular weight excluding hydrogens is 347 g/mol. The summed E-state index contributed by atoms with van der Waals surface area (Å²) in [6.07, 6.45) is 1.73. The summed E-state index contributed by atoms with van der Waals surface area (Å²) in [7, 11) is 0. The minimum Gasteiger partial charge on any atom is -0.370 e. The first-order chi connectivity index (χ1) is 8.34. The van der Waals surface area contributed by atoms with Gasteiger partial charge in [0.25, 0.3) is 0 Å². The van der Waals surface area contributed by atoms with Crippen LogP contribution in [0.4, 0.5) is 0 Å². The molecule has 0 aromatic rings. The Labute approximate surface area is 120 Å². The summed E-state index contributed by atoms with van der Waals surface area (Å²) < 4.78 is -0.117. The molecule has 0 saturated heterocycles. The van der Waals surface area contributed by atoms with Crippen molar-refractivity contribution in [3.63, 3.8) is 0 Å². The number of hydrogen-bond donors (Lipinski definition) is 2. The molecule has 0 aromatic heterocycles. The molecule has 1 aliphatic carbocycles. The van der Waals surface area contributed by atoms with Gasteiger partial charge in [-0.15, -0.1) is 0 Å². The number of primary amides is 1. The molecule has 4 N–H and O–H groups in total. The number of carbonyl (C=O) groups is 3. The topological polar surface area (TPSA) is 103 Å². The normalized spacial score (nSPS) is 29.9. The number of alkyl halides is 1. The third-order valence-corrected chi connectivity index (χ3v) is 5.28. The smallest absolute Gasteiger partial charge is 0.217 e. The van der Waals surface area contributed by atoms with Crippen LogP contribution in [-0.2, 0) is 14.4 Å². The van der Waals surface area contributed by atoms with Crippen LogP contribution in [0.2, 0.25) is 0 Å². The minimum absolute atomic E-state index is 0.0196. The van der Waals surface area contributed by atoms with E-state index in [4.69, 9.17) is 11.5 Å². The van der Waals surface area contributed by atoms with Crippen LogP contribution in [0.1, 0.15) is 32.6 Å². The Morgan fingerprint density at radius 3 is 2.61 bits per heavy atom. The van der Waals surface area contributed by atoms with E-state index in [1.165, 1.54) is 0 Å². The van der Waals surface area contributed by atoms with E-state index in [-0.39, 0.29) is 28.3 Å². The molecule has 4 atom stereocenters. The number of hydrogen-bond acceptors (Lipinski definition) is 4. The van der Waals surface area contributed by atoms with Crippen molar-refractivity contribution in [2.75, 3.05) is 0 Å². The molecule has 3 unspecified atom stereocenters. The highest BCUT2D eigenvalue weighted by molar-refractivity contribution is 14.1. The number of Topliss-reactive ketones (excluding diaryl/α,β-unsaturated/α-hetero) is 2. The Morgan fingerprint density at radius 2 is 2.06 bits per heavy atom. The first-order valence-corrected chi connectivity index (χ1v) is 7.34. The predicted molar refractivity (Wildman–Crippen MR) is 76.1 cm³/mol. The molecule has 1 aliphatic rings. The second-order valence-electron chi connectivity index (χ2n) is 4.93. The van der Waals surface area contributed by atoms with Crippen molar-refractivity contribution in [3.05, 3.63) is 0 Å². The Balaban J connectivity index is 2.61. The van der Waals surface area contributed by atoms with Gasteiger partial charge in [-0.1, -0.05) is 29.5 Å². The third-order valence-electron chi connectivity index (χ3n) is 3.44. The molecule has 0 aromatic carbocycles. The lowest BCUT2D eigenvalue weighted by atomic mass is 9.78. The molecule has 18 heavy (non-hydrogen) atoms. The second-order valence-corrected chi connectivity index (χ2v) is 6.27. The van der Waals surface area contributed by atoms with Crippen LogP contribution in [0.15, 0.2) is 0 Å². The van der Waals surface area contributed by atoms with E-state index in [0.29, 0.717) is 12.3 Å². The molecule has 102 valence electrons. The fourth-order valence-corrected chi connectivity index (χ4v) is 2.97. The standard InChI is InChI=1S/C12H19IN2O3/c1-6-2-3-7(12(18)10(6)13)11(17)8(14)4-5-9(15)16/h6-8,10H,2-5,14H2,1H3,(H2,15,16)/t6?,7?,8-,10?/m0/s1. The molecule has 0 bridgehead atoms. The zero-order valence-corrected chi connectivity index (χ0v) is 12.6. The molecule has 0 radical (unpaired) electrons. The van der Waals surface area contributed by atoms with Gasteiger partial charge in [0.2, 0.25) is 5.91 Å². The lowest BCUT2D eigenvalue weighted by molar-refractivity contribution is -0.135. The van der Waals surface area contributed by atoms with E-state index in [2.05, 4.69) is 22.6 Å². The van der Waals surface area contributed by atoms with Gasteiger partial charge in [-0.25, -0.2) is 0 Å². The first kappa shape index (κ1) is 15.6. The van der Waals surface area contributed by atoms with E-state index < -0.39 is 17.9 Å². The monoisotopic (exact) mass is 366 g/mol. The number of rotatable bonds is 5. The molecule has 0 aliphatic heterocycles. The minimum atomic E-state index is -0.761. The lowest BCUT2D eigenvalue weighted by Crippen LogP contribution is -2.45. The SMILES string of the molecule is CC1CCC(C(=O)[C@@H](N)CCC(N)=O)C(=O)C1I. The van der Waals surface area contributed by atoms with Crippen molar-refractivity contribution >= 4 is 40.1 Å². The third kappa shape index (κ3) is 3.74. The van der Waals surface area contributed by atoms with Gasteiger partial charge in [0.1, 0.15) is 0 Å². The summed E-state index contributed by atoms with van der Waals surface area (Å²) in [4.78, 5) is 34.8. The summed E-state index contributed by atoms with van der Waals surface area (Å²) >= 11 is 2.10. The Hall–Kier alpha value is -0.500. The molecule has 5 nitrogen and oxygen atoms in total. The summed E-state index contributed by atoms with van der Waals surface area (Å²) in [6, 6.07) is -0.761. The van der Waals surface area contributed by atoms with Crippen molar-refractivity contribution in [3.8, 4) is 0 Å². The van der Waals surface area contributed by atoms with Crippen LogP contribution in [0.25, 0.3) is 0 Å². The molecule has 1 amide bonds. The number of halogens is 1. The Morgan fingerprint density at radius 1 is 1.44 bits per heavy atom. The van der Waals surface area contributed by atoms with Gasteiger partial charge in [-0.3, -0.25) is 14.4 Å². The van der Waals surface area contributed by atoms with Crippen LogP contribution >= 0.6 is 22.6 Å². The van der Waals surface area contributed by atoms with Crippen molar-refractivity contribution in [2.24, 2.45) is 23.3 Å². The van der Waals surface area contributed by atoms with E-state index >= 15 is 0 Å². The van der Waals surface area contributed by atoms with Gasteiger partial charge < -0.3 is 11.5 Å². The maximum Gasteiger partial charge on any atom is 0.217 e. The van der Waals surface area contributed by atoms with Gasteiger partial charge in [0.05, 0.1) is 15.9 Å². The van der Waals surface area contributed by atoms with Crippen LogP contribution in [-0.4, -0.2) is 27.4 Å². The van der Waals surface area contributed by atoms with Crippen LogP contribution in [0, 0.1) is 11.8 Å². The summed E-state index contributed by atoms with van der Waals surface area (Å²) in [5.74, 6) is -1.02. The molecule has 0 spiro atoms. The van der Waals surface area contributed by atoms with Gasteiger partial charge >= 0.3 is 0 Å². The van der Waals surface area contributed by atoms with Crippen molar-refractivity contribution in [2.45, 2.75) is 42.6 Å². The highest BCUT2D eigenvalue weighted by Crippen LogP contribution is 2.32. The van der Waals surface area contributed by atoms with Gasteiger partial charge in [0, 0.05) is 6.42 Å². The number of amides is 1. The largest absolute Gasteiger partial charge is 0.370 e. The fourth-order valence-electron chi connectivity index (χ4n) is 2.17. The van der Waals surface area contributed by atoms with Gasteiger partial charge in [-0.05, 0) is 25.2 Å². The van der Waals surface area contributed by atoms with E-state index in [0.717, 1.165) is 6.42 Å². The Bertz CT molecular complexity index is 359. The first-order valence-electron chi connectivity index (χ1n) is 6.10. The summed E-state index contributed by atoms with van der Waals surface area (Å²) in [6.45, 7) is 2.02. The summed E-state index contributed by atoms with van der Waals surface area (Å²) in [5.41, 5.74) is 10.7. The van der Waals surface area contributed by atoms with Crippen molar-refractivity contribution < 1.29 is 14.4 Å².